The molecule has 9 nitrogen and oxygen atoms in total. The molecule has 0 spiro atoms. The lowest BCUT2D eigenvalue weighted by atomic mass is 9.97. The van der Waals surface area contributed by atoms with Crippen molar-refractivity contribution in [2.45, 2.75) is 30.6 Å². The van der Waals surface area contributed by atoms with Crippen molar-refractivity contribution in [3.05, 3.63) is 66.2 Å². The third-order valence-electron chi connectivity index (χ3n) is 4.86. The van der Waals surface area contributed by atoms with Crippen molar-refractivity contribution in [1.29, 1.82) is 0 Å². The number of ether oxygens (including phenoxy) is 1. The van der Waals surface area contributed by atoms with E-state index in [2.05, 4.69) is 5.32 Å². The molecule has 2 amide bonds. The highest BCUT2D eigenvalue weighted by Crippen LogP contribution is 2.20. The van der Waals surface area contributed by atoms with Crippen LogP contribution < -0.4 is 10.2 Å². The smallest absolute Gasteiger partial charge is 0.258 e. The lowest BCUT2D eigenvalue weighted by Crippen LogP contribution is -2.64. The number of carbonyl (C=O) groups is 2. The molecular weight excluding hydrogens is 392 g/mol. The number of nitrogens with one attached hydrogen (secondary N) is 1. The van der Waals surface area contributed by atoms with E-state index in [1.54, 1.807) is 60.7 Å². The fraction of sp³-hybridized carbons (Fsp3) is 0.333. The summed E-state index contributed by atoms with van der Waals surface area (Å²) < 4.78 is 5.04. The van der Waals surface area contributed by atoms with Gasteiger partial charge in [0, 0.05) is 11.3 Å². The van der Waals surface area contributed by atoms with Crippen LogP contribution in [0.15, 0.2) is 60.7 Å². The van der Waals surface area contributed by atoms with Crippen LogP contribution in [0.2, 0.25) is 0 Å². The fourth-order valence-electron chi connectivity index (χ4n) is 3.25. The zero-order valence-electron chi connectivity index (χ0n) is 16.0. The van der Waals surface area contributed by atoms with Gasteiger partial charge >= 0.3 is 0 Å². The molecule has 0 aliphatic carbocycles. The van der Waals surface area contributed by atoms with Gasteiger partial charge in [0.15, 0.2) is 6.29 Å². The Labute approximate surface area is 173 Å². The zero-order valence-corrected chi connectivity index (χ0v) is 16.0. The van der Waals surface area contributed by atoms with Gasteiger partial charge in [-0.1, -0.05) is 36.4 Å². The van der Waals surface area contributed by atoms with Crippen LogP contribution in [0.1, 0.15) is 10.4 Å². The number of amides is 2. The lowest BCUT2D eigenvalue weighted by Gasteiger charge is -2.40. The first kappa shape index (κ1) is 21.9. The number of anilines is 1. The third-order valence-corrected chi connectivity index (χ3v) is 4.86. The summed E-state index contributed by atoms with van der Waals surface area (Å²) in [6, 6.07) is 15.7. The van der Waals surface area contributed by atoms with Gasteiger partial charge in [-0.15, -0.1) is 0 Å². The number of benzene rings is 2. The summed E-state index contributed by atoms with van der Waals surface area (Å²) in [5, 5.41) is 41.8. The Morgan fingerprint density at radius 2 is 1.53 bits per heavy atom. The maximum atomic E-state index is 13.0. The standard InChI is InChI=1S/C21H24N2O7/c24-12-15-18(26)19(27)17(21(29)30-15)22-16(25)11-23(14-9-5-2-6-10-14)20(28)13-7-3-1-4-8-13/h1-10,15,17-19,21,24,26-27,29H,11-12H2,(H,22,25)/t15-,17-,18-,19-,21-/m1/s1. The molecule has 30 heavy (non-hydrogen) atoms. The Morgan fingerprint density at radius 3 is 2.13 bits per heavy atom. The number of nitrogens with zero attached hydrogens (tertiary/aromatic N) is 1. The highest BCUT2D eigenvalue weighted by atomic mass is 16.6. The average molecular weight is 416 g/mol. The van der Waals surface area contributed by atoms with Crippen molar-refractivity contribution in [3.8, 4) is 0 Å². The van der Waals surface area contributed by atoms with Gasteiger partial charge < -0.3 is 30.5 Å². The normalized spacial score (nSPS) is 26.1. The van der Waals surface area contributed by atoms with E-state index in [9.17, 15) is 24.9 Å². The van der Waals surface area contributed by atoms with Gasteiger partial charge in [0.05, 0.1) is 6.61 Å². The van der Waals surface area contributed by atoms with E-state index in [-0.39, 0.29) is 0 Å². The molecule has 5 atom stereocenters. The van der Waals surface area contributed by atoms with E-state index in [0.29, 0.717) is 11.3 Å². The minimum absolute atomic E-state index is 0.386. The molecule has 2 aromatic rings. The summed E-state index contributed by atoms with van der Waals surface area (Å²) in [6.45, 7) is -1.00. The molecule has 0 aromatic heterocycles. The van der Waals surface area contributed by atoms with Gasteiger partial charge in [-0.2, -0.15) is 0 Å². The number of carbonyl (C=O) groups excluding carboxylic acids is 2. The van der Waals surface area contributed by atoms with Crippen LogP contribution in [-0.4, -0.2) is 76.0 Å². The van der Waals surface area contributed by atoms with Crippen LogP contribution in [-0.2, 0) is 9.53 Å². The van der Waals surface area contributed by atoms with Gasteiger partial charge in [0.25, 0.3) is 5.91 Å². The van der Waals surface area contributed by atoms with Crippen molar-refractivity contribution in [2.75, 3.05) is 18.1 Å². The fourth-order valence-corrected chi connectivity index (χ4v) is 3.25. The number of aliphatic hydroxyl groups is 4. The van der Waals surface area contributed by atoms with Gasteiger partial charge in [-0.3, -0.25) is 14.5 Å². The van der Waals surface area contributed by atoms with Crippen molar-refractivity contribution in [2.24, 2.45) is 0 Å². The van der Waals surface area contributed by atoms with E-state index >= 15 is 0 Å². The van der Waals surface area contributed by atoms with Gasteiger partial charge in [-0.25, -0.2) is 0 Å². The summed E-state index contributed by atoms with van der Waals surface area (Å²) in [7, 11) is 0. The van der Waals surface area contributed by atoms with Crippen LogP contribution in [0.3, 0.4) is 0 Å². The van der Waals surface area contributed by atoms with Crippen LogP contribution in [0.4, 0.5) is 5.69 Å². The highest BCUT2D eigenvalue weighted by molar-refractivity contribution is 6.08. The maximum absolute atomic E-state index is 13.0. The Morgan fingerprint density at radius 1 is 0.933 bits per heavy atom. The van der Waals surface area contributed by atoms with Gasteiger partial charge in [0.2, 0.25) is 5.91 Å². The van der Waals surface area contributed by atoms with Crippen molar-refractivity contribution >= 4 is 17.5 Å². The molecule has 1 heterocycles. The second-order valence-electron chi connectivity index (χ2n) is 6.92. The first-order chi connectivity index (χ1) is 14.4. The number of hydrogen-bond donors (Lipinski definition) is 5. The third kappa shape index (κ3) is 4.84. The Bertz CT molecular complexity index is 849. The van der Waals surface area contributed by atoms with Gasteiger partial charge in [-0.05, 0) is 24.3 Å². The highest BCUT2D eigenvalue weighted by Gasteiger charge is 2.44. The molecular formula is C21H24N2O7. The zero-order chi connectivity index (χ0) is 21.7. The van der Waals surface area contributed by atoms with Crippen molar-refractivity contribution in [3.63, 3.8) is 0 Å². The summed E-state index contributed by atoms with van der Waals surface area (Å²) >= 11 is 0. The quantitative estimate of drug-likeness (QED) is 0.417. The minimum Gasteiger partial charge on any atom is -0.394 e. The van der Waals surface area contributed by atoms with Gasteiger partial charge in [0.1, 0.15) is 30.9 Å². The Hall–Kier alpha value is -2.82. The summed E-state index contributed by atoms with van der Waals surface area (Å²) in [4.78, 5) is 26.9. The van der Waals surface area contributed by atoms with Crippen molar-refractivity contribution < 1.29 is 34.8 Å². The first-order valence-corrected chi connectivity index (χ1v) is 9.44. The van der Waals surface area contributed by atoms with E-state index in [4.69, 9.17) is 9.84 Å². The molecule has 1 fully saturated rings. The molecule has 0 bridgehead atoms. The molecule has 1 saturated heterocycles. The monoisotopic (exact) mass is 416 g/mol. The summed E-state index contributed by atoms with van der Waals surface area (Å²) in [5.74, 6) is -1.08. The number of para-hydroxylation sites is 1. The molecule has 5 N–H and O–H groups in total. The predicted molar refractivity (Wildman–Crippen MR) is 106 cm³/mol. The molecule has 1 aliphatic heterocycles. The molecule has 0 radical (unpaired) electrons. The second-order valence-corrected chi connectivity index (χ2v) is 6.92. The summed E-state index contributed by atoms with van der Waals surface area (Å²) in [5.41, 5.74) is 0.874. The Kier molecular flexibility index (Phi) is 7.14. The van der Waals surface area contributed by atoms with E-state index < -0.39 is 55.6 Å². The lowest BCUT2D eigenvalue weighted by molar-refractivity contribution is -0.253. The van der Waals surface area contributed by atoms with E-state index in [1.165, 1.54) is 4.90 Å². The van der Waals surface area contributed by atoms with Crippen molar-refractivity contribution in [1.82, 2.24) is 5.32 Å². The van der Waals surface area contributed by atoms with Crippen LogP contribution in [0.5, 0.6) is 0 Å². The van der Waals surface area contributed by atoms with E-state index in [1.807, 2.05) is 0 Å². The number of rotatable bonds is 6. The second kappa shape index (κ2) is 9.79. The predicted octanol–water partition coefficient (Wildman–Crippen LogP) is -0.751. The van der Waals surface area contributed by atoms with Crippen LogP contribution >= 0.6 is 0 Å². The average Bonchev–Trinajstić information content (AvgIpc) is 2.78. The minimum atomic E-state index is -1.64. The van der Waals surface area contributed by atoms with E-state index in [0.717, 1.165) is 0 Å². The SMILES string of the molecule is O=C(CN(C(=O)c1ccccc1)c1ccccc1)N[C@@H]1[C@@H](O)[C@H](O)[C@@H](CO)O[C@H]1O. The largest absolute Gasteiger partial charge is 0.394 e. The molecule has 9 heteroatoms. The number of hydrogen-bond acceptors (Lipinski definition) is 7. The molecule has 3 rings (SSSR count). The molecule has 1 aliphatic rings. The molecule has 160 valence electrons. The Balaban J connectivity index is 1.76. The molecule has 0 unspecified atom stereocenters. The van der Waals surface area contributed by atoms with Crippen LogP contribution in [0.25, 0.3) is 0 Å². The molecule has 0 saturated carbocycles. The topological polar surface area (TPSA) is 140 Å². The number of aliphatic hydroxyl groups excluding tert-OH is 4. The molecule has 2 aromatic carbocycles. The maximum Gasteiger partial charge on any atom is 0.258 e. The summed E-state index contributed by atoms with van der Waals surface area (Å²) in [6.07, 6.45) is -5.88. The first-order valence-electron chi connectivity index (χ1n) is 9.44. The van der Waals surface area contributed by atoms with Crippen LogP contribution in [0, 0.1) is 0 Å².